The van der Waals surface area contributed by atoms with Gasteiger partial charge in [-0.25, -0.2) is 4.98 Å². The summed E-state index contributed by atoms with van der Waals surface area (Å²) >= 11 is 0. The van der Waals surface area contributed by atoms with Gasteiger partial charge < -0.3 is 14.2 Å². The van der Waals surface area contributed by atoms with Crippen LogP contribution in [-0.4, -0.2) is 39.0 Å². The summed E-state index contributed by atoms with van der Waals surface area (Å²) in [5.74, 6) is 1.02. The molecule has 6 heteroatoms. The van der Waals surface area contributed by atoms with Crippen LogP contribution in [0.15, 0.2) is 30.6 Å². The van der Waals surface area contributed by atoms with Crippen LogP contribution in [0, 0.1) is 0 Å². The van der Waals surface area contributed by atoms with Crippen molar-refractivity contribution >= 4 is 5.91 Å². The number of pyridine rings is 1. The highest BCUT2D eigenvalue weighted by Crippen LogP contribution is 2.26. The van der Waals surface area contributed by atoms with Crippen molar-refractivity contribution in [1.82, 2.24) is 19.4 Å². The van der Waals surface area contributed by atoms with Gasteiger partial charge in [0.05, 0.1) is 31.0 Å². The Bertz CT molecular complexity index is 653. The third-order valence-corrected chi connectivity index (χ3v) is 4.05. The molecule has 0 bridgehead atoms. The first-order valence-corrected chi connectivity index (χ1v) is 7.43. The van der Waals surface area contributed by atoms with Crippen molar-refractivity contribution in [3.05, 3.63) is 47.8 Å². The Morgan fingerprint density at radius 2 is 2.23 bits per heavy atom. The molecule has 0 saturated carbocycles. The lowest BCUT2D eigenvalue weighted by molar-refractivity contribution is -0.133. The van der Waals surface area contributed by atoms with Crippen LogP contribution in [-0.2, 0) is 29.1 Å². The number of methoxy groups -OCH3 is 1. The second-order valence-corrected chi connectivity index (χ2v) is 5.45. The molecule has 0 radical (unpaired) electrons. The van der Waals surface area contributed by atoms with Crippen molar-refractivity contribution in [2.75, 3.05) is 13.7 Å². The Hall–Kier alpha value is -2.21. The predicted molar refractivity (Wildman–Crippen MR) is 81.0 cm³/mol. The summed E-state index contributed by atoms with van der Waals surface area (Å²) < 4.78 is 7.34. The minimum atomic E-state index is -0.0319. The highest BCUT2D eigenvalue weighted by molar-refractivity contribution is 5.78. The standard InChI is InChI=1S/C16H20N4O2/c1-12-16-18-10-14(11-22-2)20(16)8-7-19(12)15(21)9-13-5-3-4-6-17-13/h3-6,10,12H,7-9,11H2,1-2H3. The van der Waals surface area contributed by atoms with Crippen molar-refractivity contribution in [1.29, 1.82) is 0 Å². The largest absolute Gasteiger partial charge is 0.378 e. The number of ether oxygens (including phenoxy) is 1. The number of hydrogen-bond donors (Lipinski definition) is 0. The van der Waals surface area contributed by atoms with Gasteiger partial charge in [0.2, 0.25) is 5.91 Å². The highest BCUT2D eigenvalue weighted by atomic mass is 16.5. The second-order valence-electron chi connectivity index (χ2n) is 5.45. The van der Waals surface area contributed by atoms with Crippen LogP contribution in [0.1, 0.15) is 30.2 Å². The zero-order valence-electron chi connectivity index (χ0n) is 12.9. The fraction of sp³-hybridized carbons (Fsp3) is 0.438. The van der Waals surface area contributed by atoms with E-state index in [1.807, 2.05) is 36.2 Å². The lowest BCUT2D eigenvalue weighted by Gasteiger charge is -2.34. The zero-order chi connectivity index (χ0) is 15.5. The summed E-state index contributed by atoms with van der Waals surface area (Å²) in [7, 11) is 1.68. The molecule has 1 aliphatic heterocycles. The van der Waals surface area contributed by atoms with Gasteiger partial charge in [0.25, 0.3) is 0 Å². The number of rotatable bonds is 4. The van der Waals surface area contributed by atoms with Gasteiger partial charge in [0.15, 0.2) is 0 Å². The molecule has 3 heterocycles. The van der Waals surface area contributed by atoms with E-state index >= 15 is 0 Å². The van der Waals surface area contributed by atoms with Crippen molar-refractivity contribution < 1.29 is 9.53 Å². The highest BCUT2D eigenvalue weighted by Gasteiger charge is 2.30. The molecule has 1 amide bonds. The van der Waals surface area contributed by atoms with E-state index in [0.717, 1.165) is 23.8 Å². The van der Waals surface area contributed by atoms with Gasteiger partial charge in [-0.05, 0) is 19.1 Å². The summed E-state index contributed by atoms with van der Waals surface area (Å²) in [6.07, 6.45) is 3.88. The molecular formula is C16H20N4O2. The number of imidazole rings is 1. The Morgan fingerprint density at radius 1 is 1.36 bits per heavy atom. The van der Waals surface area contributed by atoms with E-state index in [1.165, 1.54) is 0 Å². The SMILES string of the molecule is COCc1cnc2n1CCN(C(=O)Cc1ccccn1)C2C. The molecule has 22 heavy (non-hydrogen) atoms. The average Bonchev–Trinajstić information content (AvgIpc) is 2.93. The lowest BCUT2D eigenvalue weighted by Crippen LogP contribution is -2.42. The van der Waals surface area contributed by atoms with Gasteiger partial charge in [-0.3, -0.25) is 9.78 Å². The molecular weight excluding hydrogens is 280 g/mol. The number of carbonyl (C=O) groups is 1. The summed E-state index contributed by atoms with van der Waals surface area (Å²) in [4.78, 5) is 23.1. The van der Waals surface area contributed by atoms with Crippen LogP contribution in [0.25, 0.3) is 0 Å². The topological polar surface area (TPSA) is 60.2 Å². The number of hydrogen-bond acceptors (Lipinski definition) is 4. The fourth-order valence-corrected chi connectivity index (χ4v) is 2.92. The number of carbonyl (C=O) groups excluding carboxylic acids is 1. The maximum atomic E-state index is 12.5. The molecule has 2 aromatic heterocycles. The first-order chi connectivity index (χ1) is 10.7. The number of nitrogens with zero attached hydrogens (tertiary/aromatic N) is 4. The average molecular weight is 300 g/mol. The molecule has 0 aromatic carbocycles. The van der Waals surface area contributed by atoms with Crippen LogP contribution in [0.3, 0.4) is 0 Å². The molecule has 6 nitrogen and oxygen atoms in total. The molecule has 0 N–H and O–H groups in total. The van der Waals surface area contributed by atoms with Gasteiger partial charge >= 0.3 is 0 Å². The Kier molecular flexibility index (Phi) is 4.20. The Morgan fingerprint density at radius 3 is 2.95 bits per heavy atom. The maximum Gasteiger partial charge on any atom is 0.229 e. The molecule has 1 atom stereocenters. The van der Waals surface area contributed by atoms with Crippen molar-refractivity contribution in [2.45, 2.75) is 32.5 Å². The van der Waals surface area contributed by atoms with E-state index < -0.39 is 0 Å². The quantitative estimate of drug-likeness (QED) is 0.860. The van der Waals surface area contributed by atoms with Gasteiger partial charge in [0, 0.05) is 32.1 Å². The number of aromatic nitrogens is 3. The second kappa shape index (κ2) is 6.27. The Labute approximate surface area is 129 Å². The minimum Gasteiger partial charge on any atom is -0.378 e. The minimum absolute atomic E-state index is 0.0319. The van der Waals surface area contributed by atoms with E-state index in [1.54, 1.807) is 13.3 Å². The van der Waals surface area contributed by atoms with E-state index in [4.69, 9.17) is 4.74 Å². The monoisotopic (exact) mass is 300 g/mol. The van der Waals surface area contributed by atoms with Crippen molar-refractivity contribution in [2.24, 2.45) is 0 Å². The zero-order valence-corrected chi connectivity index (χ0v) is 12.9. The molecule has 116 valence electrons. The molecule has 2 aromatic rings. The fourth-order valence-electron chi connectivity index (χ4n) is 2.92. The maximum absolute atomic E-state index is 12.5. The Balaban J connectivity index is 1.75. The van der Waals surface area contributed by atoms with Gasteiger partial charge in [0.1, 0.15) is 5.82 Å². The van der Waals surface area contributed by atoms with E-state index in [0.29, 0.717) is 19.6 Å². The first kappa shape index (κ1) is 14.7. The molecule has 3 rings (SSSR count). The van der Waals surface area contributed by atoms with Crippen LogP contribution < -0.4 is 0 Å². The van der Waals surface area contributed by atoms with Gasteiger partial charge in [-0.2, -0.15) is 0 Å². The number of fused-ring (bicyclic) bond motifs is 1. The van der Waals surface area contributed by atoms with Crippen LogP contribution in [0.5, 0.6) is 0 Å². The summed E-state index contributed by atoms with van der Waals surface area (Å²) in [6.45, 7) is 4.01. The van der Waals surface area contributed by atoms with Crippen LogP contribution >= 0.6 is 0 Å². The molecule has 1 aliphatic rings. The molecule has 1 unspecified atom stereocenters. The number of amides is 1. The lowest BCUT2D eigenvalue weighted by atomic mass is 10.1. The third kappa shape index (κ3) is 2.74. The van der Waals surface area contributed by atoms with E-state index in [9.17, 15) is 4.79 Å². The first-order valence-electron chi connectivity index (χ1n) is 7.43. The molecule has 0 aliphatic carbocycles. The van der Waals surface area contributed by atoms with Crippen molar-refractivity contribution in [3.63, 3.8) is 0 Å². The van der Waals surface area contributed by atoms with Gasteiger partial charge in [-0.1, -0.05) is 6.07 Å². The van der Waals surface area contributed by atoms with Crippen LogP contribution in [0.2, 0.25) is 0 Å². The summed E-state index contributed by atoms with van der Waals surface area (Å²) in [5.41, 5.74) is 1.86. The smallest absolute Gasteiger partial charge is 0.229 e. The normalized spacial score (nSPS) is 17.4. The van der Waals surface area contributed by atoms with Crippen LogP contribution in [0.4, 0.5) is 0 Å². The van der Waals surface area contributed by atoms with Crippen molar-refractivity contribution in [3.8, 4) is 0 Å². The van der Waals surface area contributed by atoms with E-state index in [-0.39, 0.29) is 11.9 Å². The van der Waals surface area contributed by atoms with Gasteiger partial charge in [-0.15, -0.1) is 0 Å². The summed E-state index contributed by atoms with van der Waals surface area (Å²) in [6, 6.07) is 5.60. The molecule has 0 fully saturated rings. The molecule has 0 spiro atoms. The summed E-state index contributed by atoms with van der Waals surface area (Å²) in [5, 5.41) is 0. The third-order valence-electron chi connectivity index (χ3n) is 4.05. The predicted octanol–water partition coefficient (Wildman–Crippen LogP) is 1.57. The molecule has 0 saturated heterocycles. The van der Waals surface area contributed by atoms with E-state index in [2.05, 4.69) is 14.5 Å².